The molecular weight excluding hydrogens is 250 g/mol. The van der Waals surface area contributed by atoms with Crippen molar-refractivity contribution in [2.75, 3.05) is 13.1 Å². The molecule has 1 heterocycles. The minimum atomic E-state index is -0.805. The number of hydrogen-bond acceptors (Lipinski definition) is 3. The molecule has 4 N–H and O–H groups in total. The lowest BCUT2D eigenvalue weighted by Gasteiger charge is -2.38. The van der Waals surface area contributed by atoms with Crippen LogP contribution in [0, 0.1) is 5.41 Å². The molecule has 1 saturated heterocycles. The van der Waals surface area contributed by atoms with Gasteiger partial charge in [-0.25, -0.2) is 4.79 Å². The third-order valence-electron chi connectivity index (χ3n) is 3.90. The highest BCUT2D eigenvalue weighted by molar-refractivity contribution is 5.85. The highest BCUT2D eigenvalue weighted by Gasteiger charge is 2.40. The summed E-state index contributed by atoms with van der Waals surface area (Å²) in [5.74, 6) is -1.40. The minimum absolute atomic E-state index is 0.372. The lowest BCUT2D eigenvalue weighted by atomic mass is 9.76. The number of piperidine rings is 1. The maximum Gasteiger partial charge on any atom is 0.318 e. The standard InChI is InChI=1S/C12H21N3O4/c1-3-12(10(17)18)4-6-15(7-5-12)11(19)14-8(2)9(13)16/h8H,3-7H2,1-2H3,(H2,13,16)(H,14,19)(H,17,18). The predicted octanol–water partition coefficient (Wildman–Crippen LogP) is 0.147. The highest BCUT2D eigenvalue weighted by Crippen LogP contribution is 2.35. The van der Waals surface area contributed by atoms with Gasteiger partial charge in [0.1, 0.15) is 6.04 Å². The summed E-state index contributed by atoms with van der Waals surface area (Å²) in [6, 6.07) is -1.11. The average molecular weight is 271 g/mol. The van der Waals surface area contributed by atoms with Gasteiger partial charge in [0.15, 0.2) is 0 Å². The van der Waals surface area contributed by atoms with Gasteiger partial charge in [-0.2, -0.15) is 0 Å². The second kappa shape index (κ2) is 5.90. The monoisotopic (exact) mass is 271 g/mol. The zero-order valence-electron chi connectivity index (χ0n) is 11.3. The van der Waals surface area contributed by atoms with E-state index in [0.29, 0.717) is 32.4 Å². The van der Waals surface area contributed by atoms with Crippen LogP contribution in [-0.2, 0) is 9.59 Å². The zero-order valence-corrected chi connectivity index (χ0v) is 11.3. The Balaban J connectivity index is 2.56. The SMILES string of the molecule is CCC1(C(=O)O)CCN(C(=O)NC(C)C(N)=O)CC1. The number of aliphatic carboxylic acids is 1. The second-order valence-corrected chi connectivity index (χ2v) is 5.00. The summed E-state index contributed by atoms with van der Waals surface area (Å²) in [7, 11) is 0. The summed E-state index contributed by atoms with van der Waals surface area (Å²) in [5.41, 5.74) is 4.34. The zero-order chi connectivity index (χ0) is 14.6. The number of carbonyl (C=O) groups excluding carboxylic acids is 2. The molecule has 1 fully saturated rings. The van der Waals surface area contributed by atoms with E-state index in [9.17, 15) is 19.5 Å². The van der Waals surface area contributed by atoms with E-state index in [2.05, 4.69) is 5.32 Å². The number of carboxylic acid groups (broad SMARTS) is 1. The van der Waals surface area contributed by atoms with Crippen LogP contribution in [0.15, 0.2) is 0 Å². The van der Waals surface area contributed by atoms with Crippen molar-refractivity contribution < 1.29 is 19.5 Å². The summed E-state index contributed by atoms with van der Waals surface area (Å²) in [4.78, 5) is 35.5. The lowest BCUT2D eigenvalue weighted by molar-refractivity contribution is -0.151. The first-order chi connectivity index (χ1) is 8.82. The summed E-state index contributed by atoms with van der Waals surface area (Å²) in [6.45, 7) is 4.10. The first kappa shape index (κ1) is 15.3. The molecule has 0 aromatic rings. The molecule has 7 nitrogen and oxygen atoms in total. The van der Waals surface area contributed by atoms with E-state index in [1.807, 2.05) is 6.92 Å². The molecular formula is C12H21N3O4. The van der Waals surface area contributed by atoms with Crippen molar-refractivity contribution in [2.24, 2.45) is 11.1 Å². The van der Waals surface area contributed by atoms with Crippen LogP contribution in [0.1, 0.15) is 33.1 Å². The number of carboxylic acids is 1. The molecule has 3 amide bonds. The quantitative estimate of drug-likeness (QED) is 0.675. The first-order valence-electron chi connectivity index (χ1n) is 6.40. The van der Waals surface area contributed by atoms with Crippen LogP contribution in [-0.4, -0.2) is 47.0 Å². The average Bonchev–Trinajstić information content (AvgIpc) is 2.38. The number of nitrogens with zero attached hydrogens (tertiary/aromatic N) is 1. The van der Waals surface area contributed by atoms with Crippen LogP contribution in [0.4, 0.5) is 4.79 Å². The van der Waals surface area contributed by atoms with E-state index in [-0.39, 0.29) is 6.03 Å². The smallest absolute Gasteiger partial charge is 0.318 e. The topological polar surface area (TPSA) is 113 Å². The van der Waals surface area contributed by atoms with Crippen LogP contribution in [0.25, 0.3) is 0 Å². The highest BCUT2D eigenvalue weighted by atomic mass is 16.4. The fraction of sp³-hybridized carbons (Fsp3) is 0.750. The van der Waals surface area contributed by atoms with Gasteiger partial charge in [0.2, 0.25) is 5.91 Å². The number of urea groups is 1. The molecule has 0 bridgehead atoms. The minimum Gasteiger partial charge on any atom is -0.481 e. The number of rotatable bonds is 4. The number of likely N-dealkylation sites (tertiary alicyclic amines) is 1. The van der Waals surface area contributed by atoms with E-state index >= 15 is 0 Å². The van der Waals surface area contributed by atoms with Crippen molar-refractivity contribution in [3.63, 3.8) is 0 Å². The van der Waals surface area contributed by atoms with Crippen molar-refractivity contribution in [3.05, 3.63) is 0 Å². The van der Waals surface area contributed by atoms with E-state index in [1.54, 1.807) is 0 Å². The van der Waals surface area contributed by atoms with Crippen LogP contribution in [0.2, 0.25) is 0 Å². The van der Waals surface area contributed by atoms with Gasteiger partial charge in [-0.15, -0.1) is 0 Å². The fourth-order valence-electron chi connectivity index (χ4n) is 2.20. The van der Waals surface area contributed by atoms with E-state index in [4.69, 9.17) is 5.73 Å². The van der Waals surface area contributed by atoms with Crippen molar-refractivity contribution in [1.82, 2.24) is 10.2 Å². The van der Waals surface area contributed by atoms with E-state index in [1.165, 1.54) is 11.8 Å². The summed E-state index contributed by atoms with van der Waals surface area (Å²) >= 11 is 0. The lowest BCUT2D eigenvalue weighted by Crippen LogP contribution is -2.53. The van der Waals surface area contributed by atoms with Gasteiger partial charge in [-0.3, -0.25) is 9.59 Å². The Bertz CT molecular complexity index is 375. The Morgan fingerprint density at radius 1 is 1.37 bits per heavy atom. The molecule has 1 aliphatic rings. The van der Waals surface area contributed by atoms with Gasteiger partial charge in [0, 0.05) is 13.1 Å². The Kier molecular flexibility index (Phi) is 4.74. The molecule has 1 unspecified atom stereocenters. The van der Waals surface area contributed by atoms with Crippen molar-refractivity contribution >= 4 is 17.9 Å². The van der Waals surface area contributed by atoms with Gasteiger partial charge >= 0.3 is 12.0 Å². The Morgan fingerprint density at radius 2 is 1.89 bits per heavy atom. The summed E-state index contributed by atoms with van der Waals surface area (Å²) in [5, 5.41) is 11.7. The molecule has 108 valence electrons. The van der Waals surface area contributed by atoms with Gasteiger partial charge in [-0.05, 0) is 26.2 Å². The van der Waals surface area contributed by atoms with Gasteiger partial charge < -0.3 is 21.1 Å². The van der Waals surface area contributed by atoms with Crippen LogP contribution in [0.3, 0.4) is 0 Å². The molecule has 19 heavy (non-hydrogen) atoms. The molecule has 1 rings (SSSR count). The van der Waals surface area contributed by atoms with Crippen molar-refractivity contribution in [1.29, 1.82) is 0 Å². The van der Waals surface area contributed by atoms with Crippen molar-refractivity contribution in [3.8, 4) is 0 Å². The Hall–Kier alpha value is -1.79. The summed E-state index contributed by atoms with van der Waals surface area (Å²) in [6.07, 6.45) is 1.41. The largest absolute Gasteiger partial charge is 0.481 e. The molecule has 7 heteroatoms. The fourth-order valence-corrected chi connectivity index (χ4v) is 2.20. The third-order valence-corrected chi connectivity index (χ3v) is 3.90. The van der Waals surface area contributed by atoms with Crippen LogP contribution >= 0.6 is 0 Å². The Labute approximate surface area is 112 Å². The van der Waals surface area contributed by atoms with Crippen molar-refractivity contribution in [2.45, 2.75) is 39.2 Å². The maximum absolute atomic E-state index is 11.8. The first-order valence-corrected chi connectivity index (χ1v) is 6.40. The summed E-state index contributed by atoms with van der Waals surface area (Å²) < 4.78 is 0. The number of amides is 3. The molecule has 1 aliphatic heterocycles. The van der Waals surface area contributed by atoms with E-state index < -0.39 is 23.3 Å². The number of primary amides is 1. The molecule has 0 aromatic carbocycles. The number of nitrogens with two attached hydrogens (primary N) is 1. The van der Waals surface area contributed by atoms with Gasteiger partial charge in [0.05, 0.1) is 5.41 Å². The third kappa shape index (κ3) is 3.36. The molecule has 0 spiro atoms. The van der Waals surface area contributed by atoms with Crippen LogP contribution in [0.5, 0.6) is 0 Å². The number of carbonyl (C=O) groups is 3. The second-order valence-electron chi connectivity index (χ2n) is 5.00. The molecule has 0 saturated carbocycles. The van der Waals surface area contributed by atoms with E-state index in [0.717, 1.165) is 0 Å². The normalized spacial score (nSPS) is 19.6. The molecule has 0 aromatic heterocycles. The van der Waals surface area contributed by atoms with Crippen LogP contribution < -0.4 is 11.1 Å². The molecule has 0 aliphatic carbocycles. The molecule has 0 radical (unpaired) electrons. The predicted molar refractivity (Wildman–Crippen MR) is 68.4 cm³/mol. The maximum atomic E-state index is 11.8. The van der Waals surface area contributed by atoms with Gasteiger partial charge in [0.25, 0.3) is 0 Å². The Morgan fingerprint density at radius 3 is 2.26 bits per heavy atom. The van der Waals surface area contributed by atoms with Gasteiger partial charge in [-0.1, -0.05) is 6.92 Å². The molecule has 1 atom stereocenters. The number of nitrogens with one attached hydrogen (secondary N) is 1. The number of hydrogen-bond donors (Lipinski definition) is 3.